The van der Waals surface area contributed by atoms with E-state index in [1.807, 2.05) is 6.07 Å². The zero-order valence-corrected chi connectivity index (χ0v) is 12.1. The van der Waals surface area contributed by atoms with Crippen LogP contribution in [-0.2, 0) is 5.41 Å². The van der Waals surface area contributed by atoms with E-state index >= 15 is 0 Å². The molecule has 1 aliphatic carbocycles. The van der Waals surface area contributed by atoms with Gasteiger partial charge >= 0.3 is 0 Å². The van der Waals surface area contributed by atoms with Crippen LogP contribution in [0.1, 0.15) is 44.1 Å². The summed E-state index contributed by atoms with van der Waals surface area (Å²) in [6.07, 6.45) is 7.41. The molecule has 0 atom stereocenters. The van der Waals surface area contributed by atoms with E-state index in [1.165, 1.54) is 42.6 Å². The van der Waals surface area contributed by atoms with Gasteiger partial charge in [-0.15, -0.1) is 0 Å². The predicted octanol–water partition coefficient (Wildman–Crippen LogP) is 1.83. The minimum atomic E-state index is -0.0204. The Morgan fingerprint density at radius 2 is 1.74 bits per heavy atom. The Balaban J connectivity index is 2.27. The van der Waals surface area contributed by atoms with Gasteiger partial charge < -0.3 is 15.1 Å². The number of nitrogens with one attached hydrogen (secondary N) is 1. The van der Waals surface area contributed by atoms with Crippen molar-refractivity contribution in [3.05, 3.63) is 23.8 Å². The third-order valence-electron chi connectivity index (χ3n) is 4.50. The quantitative estimate of drug-likeness (QED) is 0.727. The second-order valence-corrected chi connectivity index (χ2v) is 6.25. The molecule has 1 aromatic rings. The van der Waals surface area contributed by atoms with Gasteiger partial charge in [-0.25, -0.2) is 0 Å². The number of aromatic hydroxyl groups is 2. The molecule has 0 spiro atoms. The predicted molar refractivity (Wildman–Crippen MR) is 76.8 cm³/mol. The Morgan fingerprint density at radius 1 is 1.05 bits per heavy atom. The number of hydrogen-bond donors (Lipinski definition) is 3. The average molecular weight is 264 g/mol. The monoisotopic (exact) mass is 264 g/mol. The first-order valence-corrected chi connectivity index (χ1v) is 7.35. The Morgan fingerprint density at radius 3 is 2.32 bits per heavy atom. The Hall–Kier alpha value is -1.22. The summed E-state index contributed by atoms with van der Waals surface area (Å²) in [7, 11) is 4.37. The molecule has 1 saturated carbocycles. The first-order chi connectivity index (χ1) is 9.03. The van der Waals surface area contributed by atoms with Crippen LogP contribution in [-0.4, -0.2) is 30.9 Å². The number of rotatable bonds is 4. The van der Waals surface area contributed by atoms with Gasteiger partial charge in [-0.1, -0.05) is 25.3 Å². The molecule has 19 heavy (non-hydrogen) atoms. The molecule has 1 fully saturated rings. The second-order valence-electron chi connectivity index (χ2n) is 6.25. The summed E-state index contributed by atoms with van der Waals surface area (Å²) in [6, 6.07) is 5.39. The first kappa shape index (κ1) is 14.2. The normalized spacial score (nSPS) is 18.7. The highest BCUT2D eigenvalue weighted by Crippen LogP contribution is 2.43. The topological polar surface area (TPSA) is 44.9 Å². The van der Waals surface area contributed by atoms with Gasteiger partial charge in [-0.3, -0.25) is 0 Å². The van der Waals surface area contributed by atoms with Gasteiger partial charge in [0.2, 0.25) is 0 Å². The van der Waals surface area contributed by atoms with Crippen molar-refractivity contribution in [2.75, 3.05) is 20.6 Å². The lowest BCUT2D eigenvalue weighted by Gasteiger charge is -2.38. The minimum Gasteiger partial charge on any atom is -0.504 e. The molecular weight excluding hydrogens is 238 g/mol. The van der Waals surface area contributed by atoms with Crippen molar-refractivity contribution in [2.45, 2.75) is 43.9 Å². The van der Waals surface area contributed by atoms with Crippen LogP contribution in [0.25, 0.3) is 0 Å². The van der Waals surface area contributed by atoms with Crippen molar-refractivity contribution in [1.82, 2.24) is 0 Å². The van der Waals surface area contributed by atoms with Crippen LogP contribution >= 0.6 is 0 Å². The van der Waals surface area contributed by atoms with Crippen molar-refractivity contribution in [3.63, 3.8) is 0 Å². The standard InChI is InChI=1S/C16H25NO2/c1-17(2)11-10-16(8-4-3-5-9-16)13-6-7-14(18)15(19)12-13/h6-7,12,18-19H,3-5,8-11H2,1-2H3/p+1. The molecule has 1 aliphatic rings. The van der Waals surface area contributed by atoms with Gasteiger partial charge in [0, 0.05) is 11.8 Å². The van der Waals surface area contributed by atoms with E-state index in [0.29, 0.717) is 0 Å². The van der Waals surface area contributed by atoms with Crippen LogP contribution in [0.15, 0.2) is 18.2 Å². The third kappa shape index (κ3) is 3.21. The SMILES string of the molecule is C[NH+](C)CCC1(c2ccc(O)c(O)c2)CCCCC1. The molecule has 0 amide bonds. The molecule has 0 saturated heterocycles. The summed E-state index contributed by atoms with van der Waals surface area (Å²) in [6.45, 7) is 1.14. The molecule has 0 radical (unpaired) electrons. The number of phenols is 2. The lowest BCUT2D eigenvalue weighted by molar-refractivity contribution is -0.859. The molecule has 3 nitrogen and oxygen atoms in total. The van der Waals surface area contributed by atoms with E-state index < -0.39 is 0 Å². The van der Waals surface area contributed by atoms with Gasteiger partial charge in [0.15, 0.2) is 11.5 Å². The summed E-state index contributed by atoms with van der Waals surface area (Å²) in [5.74, 6) is -0.00686. The molecule has 2 rings (SSSR count). The van der Waals surface area contributed by atoms with Crippen LogP contribution in [0.3, 0.4) is 0 Å². The largest absolute Gasteiger partial charge is 0.504 e. The van der Waals surface area contributed by atoms with E-state index in [1.54, 1.807) is 12.1 Å². The third-order valence-corrected chi connectivity index (χ3v) is 4.50. The van der Waals surface area contributed by atoms with Gasteiger partial charge in [-0.2, -0.15) is 0 Å². The zero-order chi connectivity index (χ0) is 13.9. The van der Waals surface area contributed by atoms with Gasteiger partial charge in [0.05, 0.1) is 20.6 Å². The Bertz CT molecular complexity index is 423. The number of quaternary nitrogens is 1. The van der Waals surface area contributed by atoms with Gasteiger partial charge in [-0.05, 0) is 30.5 Å². The number of phenolic OH excluding ortho intramolecular Hbond substituents is 2. The first-order valence-electron chi connectivity index (χ1n) is 7.35. The Kier molecular flexibility index (Phi) is 4.35. The van der Waals surface area contributed by atoms with Crippen LogP contribution < -0.4 is 4.90 Å². The fourth-order valence-corrected chi connectivity index (χ4v) is 3.25. The molecule has 0 aliphatic heterocycles. The maximum absolute atomic E-state index is 9.77. The fourth-order valence-electron chi connectivity index (χ4n) is 3.25. The van der Waals surface area contributed by atoms with Crippen molar-refractivity contribution >= 4 is 0 Å². The second kappa shape index (κ2) is 5.83. The summed E-state index contributed by atoms with van der Waals surface area (Å²) in [5, 5.41) is 19.3. The number of hydrogen-bond acceptors (Lipinski definition) is 2. The smallest absolute Gasteiger partial charge is 0.157 e. The fraction of sp³-hybridized carbons (Fsp3) is 0.625. The molecule has 3 heteroatoms. The van der Waals surface area contributed by atoms with E-state index in [-0.39, 0.29) is 16.9 Å². The molecular formula is C16H26NO2+. The Labute approximate surface area is 115 Å². The van der Waals surface area contributed by atoms with Crippen LogP contribution in [0, 0.1) is 0 Å². The molecule has 0 unspecified atom stereocenters. The van der Waals surface area contributed by atoms with Crippen molar-refractivity contribution in [1.29, 1.82) is 0 Å². The summed E-state index contributed by atoms with van der Waals surface area (Å²) in [4.78, 5) is 1.47. The highest BCUT2D eigenvalue weighted by molar-refractivity contribution is 5.43. The number of benzene rings is 1. The highest BCUT2D eigenvalue weighted by Gasteiger charge is 2.34. The highest BCUT2D eigenvalue weighted by atomic mass is 16.3. The van der Waals surface area contributed by atoms with Crippen molar-refractivity contribution in [3.8, 4) is 11.5 Å². The maximum atomic E-state index is 9.77. The molecule has 106 valence electrons. The van der Waals surface area contributed by atoms with Crippen molar-refractivity contribution in [2.24, 2.45) is 0 Å². The average Bonchev–Trinajstić information content (AvgIpc) is 2.40. The minimum absolute atomic E-state index is 0.0136. The van der Waals surface area contributed by atoms with Crippen molar-refractivity contribution < 1.29 is 15.1 Å². The van der Waals surface area contributed by atoms with E-state index in [2.05, 4.69) is 14.1 Å². The van der Waals surface area contributed by atoms with Crippen LogP contribution in [0.4, 0.5) is 0 Å². The molecule has 0 aromatic heterocycles. The van der Waals surface area contributed by atoms with Gasteiger partial charge in [0.25, 0.3) is 0 Å². The summed E-state index contributed by atoms with van der Waals surface area (Å²) < 4.78 is 0. The van der Waals surface area contributed by atoms with E-state index in [9.17, 15) is 10.2 Å². The van der Waals surface area contributed by atoms with E-state index in [4.69, 9.17) is 0 Å². The van der Waals surface area contributed by atoms with Crippen LogP contribution in [0.5, 0.6) is 11.5 Å². The summed E-state index contributed by atoms with van der Waals surface area (Å²) in [5.41, 5.74) is 1.39. The summed E-state index contributed by atoms with van der Waals surface area (Å²) >= 11 is 0. The van der Waals surface area contributed by atoms with Gasteiger partial charge in [0.1, 0.15) is 0 Å². The molecule has 0 heterocycles. The zero-order valence-electron chi connectivity index (χ0n) is 12.1. The molecule has 0 bridgehead atoms. The molecule has 3 N–H and O–H groups in total. The lowest BCUT2D eigenvalue weighted by atomic mass is 9.67. The maximum Gasteiger partial charge on any atom is 0.157 e. The van der Waals surface area contributed by atoms with E-state index in [0.717, 1.165) is 13.0 Å². The van der Waals surface area contributed by atoms with Crippen LogP contribution in [0.2, 0.25) is 0 Å². The lowest BCUT2D eigenvalue weighted by Crippen LogP contribution is -3.05. The molecule has 1 aromatic carbocycles.